The second kappa shape index (κ2) is 8.11. The van der Waals surface area contributed by atoms with E-state index in [4.69, 9.17) is 10.8 Å². The summed E-state index contributed by atoms with van der Waals surface area (Å²) in [6, 6.07) is 14.6. The average molecular weight is 334 g/mol. The van der Waals surface area contributed by atoms with Crippen LogP contribution in [-0.4, -0.2) is 16.8 Å². The van der Waals surface area contributed by atoms with E-state index in [2.05, 4.69) is 37.6 Å². The van der Waals surface area contributed by atoms with Gasteiger partial charge in [0.1, 0.15) is 0 Å². The van der Waals surface area contributed by atoms with Crippen molar-refractivity contribution in [3.8, 4) is 0 Å². The molecule has 0 spiro atoms. The van der Waals surface area contributed by atoms with Crippen LogP contribution in [-0.2, 0) is 0 Å². The molecule has 0 heterocycles. The number of carboxylic acid groups (broad SMARTS) is 1. The fourth-order valence-corrected chi connectivity index (χ4v) is 2.34. The van der Waals surface area contributed by atoms with E-state index in [9.17, 15) is 4.79 Å². The molecule has 0 aliphatic heterocycles. The molecule has 4 heteroatoms. The highest BCUT2D eigenvalue weighted by molar-refractivity contribution is 6.11. The van der Waals surface area contributed by atoms with Crippen molar-refractivity contribution in [2.24, 2.45) is 10.7 Å². The number of carbonyl (C=O) groups is 1. The quantitative estimate of drug-likeness (QED) is 0.767. The van der Waals surface area contributed by atoms with Gasteiger partial charge < -0.3 is 10.8 Å². The first-order valence-electron chi connectivity index (χ1n) is 8.02. The SMILES string of the molecule is C=C(/N=C(\C=C/N)c1ccc(C(=O)O)cc1)c1ccc(C(C)C)cc1. The van der Waals surface area contributed by atoms with Gasteiger partial charge in [-0.1, -0.05) is 56.8 Å². The number of rotatable bonds is 6. The lowest BCUT2D eigenvalue weighted by Crippen LogP contribution is -2.01. The Kier molecular flexibility index (Phi) is 5.90. The minimum absolute atomic E-state index is 0.225. The van der Waals surface area contributed by atoms with Gasteiger partial charge in [0, 0.05) is 5.56 Å². The van der Waals surface area contributed by atoms with Crippen LogP contribution in [0.25, 0.3) is 5.70 Å². The third-order valence-electron chi connectivity index (χ3n) is 3.85. The van der Waals surface area contributed by atoms with Gasteiger partial charge in [0.25, 0.3) is 0 Å². The lowest BCUT2D eigenvalue weighted by atomic mass is 10.0. The molecule has 0 aromatic heterocycles. The summed E-state index contributed by atoms with van der Waals surface area (Å²) >= 11 is 0. The maximum Gasteiger partial charge on any atom is 0.335 e. The van der Waals surface area contributed by atoms with E-state index in [-0.39, 0.29) is 5.56 Å². The molecular weight excluding hydrogens is 312 g/mol. The summed E-state index contributed by atoms with van der Waals surface area (Å²) < 4.78 is 0. The van der Waals surface area contributed by atoms with Crippen LogP contribution < -0.4 is 5.73 Å². The lowest BCUT2D eigenvalue weighted by molar-refractivity contribution is 0.0697. The number of allylic oxidation sites excluding steroid dienone is 1. The molecule has 2 aromatic carbocycles. The first kappa shape index (κ1) is 18.2. The van der Waals surface area contributed by atoms with Crippen molar-refractivity contribution < 1.29 is 9.90 Å². The Morgan fingerprint density at radius 2 is 1.56 bits per heavy atom. The Morgan fingerprint density at radius 3 is 2.04 bits per heavy atom. The van der Waals surface area contributed by atoms with Gasteiger partial charge in [-0.15, -0.1) is 0 Å². The number of hydrogen-bond acceptors (Lipinski definition) is 3. The molecule has 0 fully saturated rings. The van der Waals surface area contributed by atoms with Gasteiger partial charge in [0.05, 0.1) is 17.0 Å². The molecule has 25 heavy (non-hydrogen) atoms. The minimum atomic E-state index is -0.964. The molecular formula is C21H22N2O2. The molecule has 2 rings (SSSR count). The fourth-order valence-electron chi connectivity index (χ4n) is 2.34. The standard InChI is InChI=1S/C21H22N2O2/c1-14(2)16-4-6-17(7-5-16)15(3)23-20(12-13-22)18-8-10-19(11-9-18)21(24)25/h4-14H,3,22H2,1-2H3,(H,24,25)/b13-12-,23-20+. The zero-order valence-corrected chi connectivity index (χ0v) is 14.4. The van der Waals surface area contributed by atoms with Crippen LogP contribution in [0.15, 0.2) is 72.4 Å². The molecule has 0 unspecified atom stereocenters. The highest BCUT2D eigenvalue weighted by Crippen LogP contribution is 2.20. The van der Waals surface area contributed by atoms with Crippen molar-refractivity contribution in [2.45, 2.75) is 19.8 Å². The van der Waals surface area contributed by atoms with Crippen LogP contribution in [0.1, 0.15) is 46.8 Å². The molecule has 0 saturated heterocycles. The Hall–Kier alpha value is -3.14. The molecule has 0 bridgehead atoms. The molecule has 128 valence electrons. The topological polar surface area (TPSA) is 75.7 Å². The van der Waals surface area contributed by atoms with E-state index in [1.54, 1.807) is 18.2 Å². The van der Waals surface area contributed by atoms with Gasteiger partial charge >= 0.3 is 5.97 Å². The van der Waals surface area contributed by atoms with Gasteiger partial charge in [-0.25, -0.2) is 9.79 Å². The highest BCUT2D eigenvalue weighted by Gasteiger charge is 2.06. The van der Waals surface area contributed by atoms with Crippen molar-refractivity contribution >= 4 is 17.4 Å². The van der Waals surface area contributed by atoms with Gasteiger partial charge in [-0.2, -0.15) is 0 Å². The molecule has 2 aromatic rings. The van der Waals surface area contributed by atoms with Crippen molar-refractivity contribution in [3.63, 3.8) is 0 Å². The molecule has 0 aliphatic rings. The predicted molar refractivity (Wildman–Crippen MR) is 103 cm³/mol. The van der Waals surface area contributed by atoms with Crippen LogP contribution in [0.4, 0.5) is 0 Å². The first-order chi connectivity index (χ1) is 11.9. The summed E-state index contributed by atoms with van der Waals surface area (Å²) in [6.07, 6.45) is 3.07. The number of benzene rings is 2. The highest BCUT2D eigenvalue weighted by atomic mass is 16.4. The van der Waals surface area contributed by atoms with Crippen molar-refractivity contribution in [3.05, 3.63) is 89.6 Å². The number of aliphatic imine (C=N–C) groups is 1. The van der Waals surface area contributed by atoms with E-state index in [0.717, 1.165) is 11.1 Å². The molecule has 4 nitrogen and oxygen atoms in total. The summed E-state index contributed by atoms with van der Waals surface area (Å²) in [5.74, 6) is -0.497. The third kappa shape index (κ3) is 4.67. The summed E-state index contributed by atoms with van der Waals surface area (Å²) in [7, 11) is 0. The third-order valence-corrected chi connectivity index (χ3v) is 3.85. The maximum atomic E-state index is 11.0. The van der Waals surface area contributed by atoms with Crippen LogP contribution >= 0.6 is 0 Å². The summed E-state index contributed by atoms with van der Waals surface area (Å²) in [5.41, 5.74) is 9.94. The van der Waals surface area contributed by atoms with E-state index in [1.807, 2.05) is 12.1 Å². The number of carboxylic acids is 1. The van der Waals surface area contributed by atoms with Crippen molar-refractivity contribution in [1.82, 2.24) is 0 Å². The Balaban J connectivity index is 2.32. The summed E-state index contributed by atoms with van der Waals surface area (Å²) in [6.45, 7) is 8.33. The van der Waals surface area contributed by atoms with E-state index >= 15 is 0 Å². The lowest BCUT2D eigenvalue weighted by Gasteiger charge is -2.08. The fraction of sp³-hybridized carbons (Fsp3) is 0.143. The number of nitrogens with two attached hydrogens (primary N) is 1. The van der Waals surface area contributed by atoms with Crippen LogP contribution in [0, 0.1) is 0 Å². The van der Waals surface area contributed by atoms with Gasteiger partial charge in [-0.3, -0.25) is 0 Å². The average Bonchev–Trinajstić information content (AvgIpc) is 2.61. The Morgan fingerprint density at radius 1 is 1.04 bits per heavy atom. The summed E-state index contributed by atoms with van der Waals surface area (Å²) in [5, 5.41) is 8.99. The zero-order valence-electron chi connectivity index (χ0n) is 14.4. The second-order valence-corrected chi connectivity index (χ2v) is 5.96. The van der Waals surface area contributed by atoms with E-state index < -0.39 is 5.97 Å². The predicted octanol–water partition coefficient (Wildman–Crippen LogP) is 4.44. The largest absolute Gasteiger partial charge is 0.478 e. The molecule has 0 saturated carbocycles. The molecule has 0 radical (unpaired) electrons. The normalized spacial score (nSPS) is 11.9. The number of aromatic carboxylic acids is 1. The van der Waals surface area contributed by atoms with Gasteiger partial charge in [0.15, 0.2) is 0 Å². The van der Waals surface area contributed by atoms with Crippen LogP contribution in [0.2, 0.25) is 0 Å². The molecule has 0 aliphatic carbocycles. The number of hydrogen-bond donors (Lipinski definition) is 2. The maximum absolute atomic E-state index is 11.0. The summed E-state index contributed by atoms with van der Waals surface area (Å²) in [4.78, 5) is 15.5. The first-order valence-corrected chi connectivity index (χ1v) is 8.02. The van der Waals surface area contributed by atoms with Crippen molar-refractivity contribution in [2.75, 3.05) is 0 Å². The monoisotopic (exact) mass is 334 g/mol. The van der Waals surface area contributed by atoms with Crippen molar-refractivity contribution in [1.29, 1.82) is 0 Å². The van der Waals surface area contributed by atoms with Gasteiger partial charge in [0.2, 0.25) is 0 Å². The second-order valence-electron chi connectivity index (χ2n) is 5.96. The van der Waals surface area contributed by atoms with Gasteiger partial charge in [-0.05, 0) is 41.5 Å². The zero-order chi connectivity index (χ0) is 18.4. The Labute approximate surface area is 148 Å². The molecule has 3 N–H and O–H groups in total. The molecule has 0 atom stereocenters. The van der Waals surface area contributed by atoms with E-state index in [1.165, 1.54) is 23.9 Å². The Bertz CT molecular complexity index is 814. The minimum Gasteiger partial charge on any atom is -0.478 e. The number of nitrogens with zero attached hydrogens (tertiary/aromatic N) is 1. The van der Waals surface area contributed by atoms with Crippen LogP contribution in [0.5, 0.6) is 0 Å². The van der Waals surface area contributed by atoms with E-state index in [0.29, 0.717) is 17.3 Å². The van der Waals surface area contributed by atoms with Crippen LogP contribution in [0.3, 0.4) is 0 Å². The smallest absolute Gasteiger partial charge is 0.335 e. The molecule has 0 amide bonds.